The number of halogens is 1. The minimum absolute atomic E-state index is 0.0330. The zero-order chi connectivity index (χ0) is 9.68. The Kier molecular flexibility index (Phi) is 3.75. The first-order chi connectivity index (χ1) is 6.31. The molecule has 13 heavy (non-hydrogen) atoms. The molecule has 3 heteroatoms. The molecule has 0 aliphatic rings. The van der Waals surface area contributed by atoms with E-state index in [4.69, 9.17) is 22.0 Å². The number of alkyl halides is 1. The molecule has 1 atom stereocenters. The minimum atomic E-state index is -0.0330. The van der Waals surface area contributed by atoms with Crippen molar-refractivity contribution >= 4 is 11.6 Å². The highest BCUT2D eigenvalue weighted by atomic mass is 35.5. The second-order valence-electron chi connectivity index (χ2n) is 2.77. The minimum Gasteiger partial charge on any atom is -0.396 e. The Hall–Kier alpha value is -1.04. The van der Waals surface area contributed by atoms with Crippen molar-refractivity contribution in [3.8, 4) is 6.07 Å². The molecule has 1 rings (SSSR count). The lowest BCUT2D eigenvalue weighted by Gasteiger charge is -2.09. The summed E-state index contributed by atoms with van der Waals surface area (Å²) < 4.78 is 0. The number of benzene rings is 1. The van der Waals surface area contributed by atoms with Crippen LogP contribution in [0.2, 0.25) is 0 Å². The van der Waals surface area contributed by atoms with Crippen LogP contribution in [0.4, 0.5) is 0 Å². The lowest BCUT2D eigenvalue weighted by atomic mass is 10.0. The predicted octanol–water partition coefficient (Wildman–Crippen LogP) is 1.87. The highest BCUT2D eigenvalue weighted by Gasteiger charge is 2.07. The van der Waals surface area contributed by atoms with Crippen LogP contribution in [-0.4, -0.2) is 17.6 Å². The van der Waals surface area contributed by atoms with E-state index in [1.165, 1.54) is 0 Å². The van der Waals surface area contributed by atoms with Crippen molar-refractivity contribution in [3.63, 3.8) is 0 Å². The molecular formula is C10H10ClNO. The van der Waals surface area contributed by atoms with E-state index in [1.54, 1.807) is 12.1 Å². The van der Waals surface area contributed by atoms with Crippen molar-refractivity contribution in [2.24, 2.45) is 0 Å². The van der Waals surface area contributed by atoms with Crippen molar-refractivity contribution in [1.29, 1.82) is 5.26 Å². The highest BCUT2D eigenvalue weighted by molar-refractivity contribution is 6.18. The van der Waals surface area contributed by atoms with E-state index < -0.39 is 0 Å². The van der Waals surface area contributed by atoms with Crippen molar-refractivity contribution in [2.45, 2.75) is 5.92 Å². The van der Waals surface area contributed by atoms with E-state index in [2.05, 4.69) is 0 Å². The average Bonchev–Trinajstić information content (AvgIpc) is 2.21. The summed E-state index contributed by atoms with van der Waals surface area (Å²) in [4.78, 5) is 0. The molecule has 0 saturated heterocycles. The number of hydrogen-bond acceptors (Lipinski definition) is 2. The van der Waals surface area contributed by atoms with Gasteiger partial charge in [0.2, 0.25) is 0 Å². The van der Waals surface area contributed by atoms with Crippen LogP contribution >= 0.6 is 11.6 Å². The van der Waals surface area contributed by atoms with Crippen molar-refractivity contribution in [2.75, 3.05) is 12.5 Å². The number of rotatable bonds is 3. The first-order valence-electron chi connectivity index (χ1n) is 3.98. The average molecular weight is 196 g/mol. The number of nitrogens with zero attached hydrogens (tertiary/aromatic N) is 1. The summed E-state index contributed by atoms with van der Waals surface area (Å²) >= 11 is 5.65. The molecule has 0 heterocycles. The molecule has 1 unspecified atom stereocenters. The second-order valence-corrected chi connectivity index (χ2v) is 3.08. The quantitative estimate of drug-likeness (QED) is 0.749. The summed E-state index contributed by atoms with van der Waals surface area (Å²) in [6.07, 6.45) is 0. The lowest BCUT2D eigenvalue weighted by molar-refractivity contribution is 0.274. The summed E-state index contributed by atoms with van der Waals surface area (Å²) in [5, 5.41) is 17.5. The van der Waals surface area contributed by atoms with Crippen LogP contribution in [0.25, 0.3) is 0 Å². The molecule has 0 amide bonds. The Morgan fingerprint density at radius 2 is 2.00 bits per heavy atom. The van der Waals surface area contributed by atoms with E-state index in [9.17, 15) is 0 Å². The molecule has 0 aliphatic heterocycles. The smallest absolute Gasteiger partial charge is 0.0991 e. The zero-order valence-corrected chi connectivity index (χ0v) is 7.83. The van der Waals surface area contributed by atoms with Crippen molar-refractivity contribution in [3.05, 3.63) is 35.4 Å². The SMILES string of the molecule is N#Cc1ccc(C(CO)CCl)cc1. The van der Waals surface area contributed by atoms with Gasteiger partial charge in [0.1, 0.15) is 0 Å². The van der Waals surface area contributed by atoms with Crippen molar-refractivity contribution < 1.29 is 5.11 Å². The molecule has 2 nitrogen and oxygen atoms in total. The fraction of sp³-hybridized carbons (Fsp3) is 0.300. The third-order valence-corrected chi connectivity index (χ3v) is 2.29. The Bertz CT molecular complexity index is 298. The van der Waals surface area contributed by atoms with Crippen LogP contribution in [0.5, 0.6) is 0 Å². The van der Waals surface area contributed by atoms with Gasteiger partial charge in [0.25, 0.3) is 0 Å². The van der Waals surface area contributed by atoms with Gasteiger partial charge in [-0.15, -0.1) is 11.6 Å². The number of nitriles is 1. The lowest BCUT2D eigenvalue weighted by Crippen LogP contribution is -2.05. The van der Waals surface area contributed by atoms with E-state index >= 15 is 0 Å². The van der Waals surface area contributed by atoms with Gasteiger partial charge in [-0.25, -0.2) is 0 Å². The second kappa shape index (κ2) is 4.86. The third-order valence-electron chi connectivity index (χ3n) is 1.92. The summed E-state index contributed by atoms with van der Waals surface area (Å²) in [5.74, 6) is 0.358. The Morgan fingerprint density at radius 1 is 1.38 bits per heavy atom. The predicted molar refractivity (Wildman–Crippen MR) is 51.7 cm³/mol. The molecule has 1 aromatic carbocycles. The van der Waals surface area contributed by atoms with Gasteiger partial charge in [0, 0.05) is 11.8 Å². The van der Waals surface area contributed by atoms with E-state index in [0.29, 0.717) is 11.4 Å². The number of aliphatic hydroxyl groups excluding tert-OH is 1. The molecule has 0 aliphatic carbocycles. The van der Waals surface area contributed by atoms with Crippen LogP contribution in [0, 0.1) is 11.3 Å². The molecule has 0 aromatic heterocycles. The van der Waals surface area contributed by atoms with Gasteiger partial charge in [0.15, 0.2) is 0 Å². The Balaban J connectivity index is 2.85. The molecule has 68 valence electrons. The fourth-order valence-electron chi connectivity index (χ4n) is 1.07. The van der Waals surface area contributed by atoms with Crippen LogP contribution in [0.1, 0.15) is 17.0 Å². The molecule has 0 fully saturated rings. The molecule has 0 bridgehead atoms. The molecule has 0 radical (unpaired) electrons. The van der Waals surface area contributed by atoms with Gasteiger partial charge in [-0.1, -0.05) is 12.1 Å². The maximum atomic E-state index is 8.96. The topological polar surface area (TPSA) is 44.0 Å². The maximum Gasteiger partial charge on any atom is 0.0991 e. The number of hydrogen-bond donors (Lipinski definition) is 1. The van der Waals surface area contributed by atoms with E-state index in [1.807, 2.05) is 18.2 Å². The van der Waals surface area contributed by atoms with E-state index in [0.717, 1.165) is 5.56 Å². The van der Waals surface area contributed by atoms with Crippen LogP contribution in [-0.2, 0) is 0 Å². The van der Waals surface area contributed by atoms with Gasteiger partial charge in [-0.3, -0.25) is 0 Å². The summed E-state index contributed by atoms with van der Waals surface area (Å²) in [5.41, 5.74) is 1.59. The van der Waals surface area contributed by atoms with Gasteiger partial charge in [0.05, 0.1) is 18.2 Å². The molecule has 0 saturated carbocycles. The first kappa shape index (κ1) is 10.0. The molecule has 0 spiro atoms. The third kappa shape index (κ3) is 2.45. The zero-order valence-electron chi connectivity index (χ0n) is 7.07. The normalized spacial score (nSPS) is 12.1. The monoisotopic (exact) mass is 195 g/mol. The van der Waals surface area contributed by atoms with Gasteiger partial charge < -0.3 is 5.11 Å². The summed E-state index contributed by atoms with van der Waals surface area (Å²) in [6.45, 7) is 0.0371. The van der Waals surface area contributed by atoms with Crippen LogP contribution < -0.4 is 0 Å². The number of aliphatic hydroxyl groups is 1. The largest absolute Gasteiger partial charge is 0.396 e. The highest BCUT2D eigenvalue weighted by Crippen LogP contribution is 2.16. The summed E-state index contributed by atoms with van der Waals surface area (Å²) in [7, 11) is 0. The van der Waals surface area contributed by atoms with Gasteiger partial charge >= 0.3 is 0 Å². The molecular weight excluding hydrogens is 186 g/mol. The molecule has 1 aromatic rings. The van der Waals surface area contributed by atoms with Crippen LogP contribution in [0.15, 0.2) is 24.3 Å². The maximum absolute atomic E-state index is 8.96. The van der Waals surface area contributed by atoms with E-state index in [-0.39, 0.29) is 12.5 Å². The van der Waals surface area contributed by atoms with Crippen LogP contribution in [0.3, 0.4) is 0 Å². The first-order valence-corrected chi connectivity index (χ1v) is 4.52. The Morgan fingerprint density at radius 3 is 2.38 bits per heavy atom. The van der Waals surface area contributed by atoms with Gasteiger partial charge in [-0.2, -0.15) is 5.26 Å². The molecule has 1 N–H and O–H groups in total. The van der Waals surface area contributed by atoms with Gasteiger partial charge in [-0.05, 0) is 17.7 Å². The summed E-state index contributed by atoms with van der Waals surface area (Å²) in [6, 6.07) is 9.13. The standard InChI is InChI=1S/C10H10ClNO/c11-5-10(7-13)9-3-1-8(6-12)2-4-9/h1-4,10,13H,5,7H2. The van der Waals surface area contributed by atoms with Crippen molar-refractivity contribution in [1.82, 2.24) is 0 Å². The Labute approximate surface area is 82.4 Å². The fourth-order valence-corrected chi connectivity index (χ4v) is 1.35.